The van der Waals surface area contributed by atoms with Gasteiger partial charge in [0, 0.05) is 0 Å². The Labute approximate surface area is 89.4 Å². The van der Waals surface area contributed by atoms with Crippen molar-refractivity contribution in [2.45, 2.75) is 18.9 Å². The van der Waals surface area contributed by atoms with E-state index in [9.17, 15) is 4.79 Å². The molecule has 0 radical (unpaired) electrons. The molecule has 0 spiro atoms. The van der Waals surface area contributed by atoms with E-state index in [0.717, 1.165) is 37.0 Å². The Balaban J connectivity index is 2.30. The van der Waals surface area contributed by atoms with Crippen LogP contribution in [0.1, 0.15) is 23.6 Å². The summed E-state index contributed by atoms with van der Waals surface area (Å²) in [5.41, 5.74) is 2.22. The van der Waals surface area contributed by atoms with E-state index >= 15 is 0 Å². The van der Waals surface area contributed by atoms with Crippen molar-refractivity contribution in [3.05, 3.63) is 29.3 Å². The van der Waals surface area contributed by atoms with Crippen LogP contribution in [-0.4, -0.2) is 19.9 Å². The van der Waals surface area contributed by atoms with Crippen LogP contribution < -0.4 is 10.1 Å². The molecule has 2 rings (SSSR count). The minimum atomic E-state index is -0.211. The number of aldehydes is 1. The summed E-state index contributed by atoms with van der Waals surface area (Å²) in [6, 6.07) is 5.75. The quantitative estimate of drug-likeness (QED) is 0.759. The lowest BCUT2D eigenvalue weighted by Gasteiger charge is -2.19. The van der Waals surface area contributed by atoms with Crippen molar-refractivity contribution in [3.8, 4) is 5.75 Å². The molecular weight excluding hydrogens is 190 g/mol. The third-order valence-corrected chi connectivity index (χ3v) is 2.74. The van der Waals surface area contributed by atoms with Crippen LogP contribution >= 0.6 is 0 Å². The van der Waals surface area contributed by atoms with Crippen LogP contribution in [0, 0.1) is 0 Å². The fourth-order valence-corrected chi connectivity index (χ4v) is 1.89. The fraction of sp³-hybridized carbons (Fsp3) is 0.417. The Bertz CT molecular complexity index is 363. The van der Waals surface area contributed by atoms with Crippen LogP contribution in [0.4, 0.5) is 0 Å². The second kappa shape index (κ2) is 4.45. The smallest absolute Gasteiger partial charge is 0.141 e. The highest BCUT2D eigenvalue weighted by Crippen LogP contribution is 2.27. The van der Waals surface area contributed by atoms with Gasteiger partial charge < -0.3 is 14.8 Å². The van der Waals surface area contributed by atoms with Gasteiger partial charge in [0.05, 0.1) is 12.6 Å². The monoisotopic (exact) mass is 205 g/mol. The summed E-state index contributed by atoms with van der Waals surface area (Å²) in [6.45, 7) is 0.801. The first-order valence-electron chi connectivity index (χ1n) is 5.23. The largest absolute Gasteiger partial charge is 0.493 e. The molecule has 1 aliphatic heterocycles. The predicted molar refractivity (Wildman–Crippen MR) is 58.1 cm³/mol. The summed E-state index contributed by atoms with van der Waals surface area (Å²) < 4.78 is 5.52. The van der Waals surface area contributed by atoms with E-state index in [-0.39, 0.29) is 6.04 Å². The van der Waals surface area contributed by atoms with Gasteiger partial charge in [-0.25, -0.2) is 0 Å². The number of nitrogens with one attached hydrogen (secondary N) is 1. The van der Waals surface area contributed by atoms with Gasteiger partial charge in [0.1, 0.15) is 12.0 Å². The second-order valence-corrected chi connectivity index (χ2v) is 3.72. The molecule has 1 aliphatic rings. The lowest BCUT2D eigenvalue weighted by atomic mass is 10.00. The first kappa shape index (κ1) is 10.2. The number of ether oxygens (including phenoxy) is 1. The molecule has 0 aromatic heterocycles. The molecule has 3 nitrogen and oxygen atoms in total. The number of aryl methyl sites for hydroxylation is 1. The Morgan fingerprint density at radius 1 is 1.53 bits per heavy atom. The predicted octanol–water partition coefficient (Wildman–Crippen LogP) is 1.47. The van der Waals surface area contributed by atoms with Crippen LogP contribution in [0.25, 0.3) is 0 Å². The molecule has 3 heteroatoms. The highest BCUT2D eigenvalue weighted by molar-refractivity contribution is 5.62. The highest BCUT2D eigenvalue weighted by Gasteiger charge is 2.13. The molecule has 1 aromatic rings. The second-order valence-electron chi connectivity index (χ2n) is 3.72. The molecule has 1 aromatic carbocycles. The van der Waals surface area contributed by atoms with Gasteiger partial charge in [-0.2, -0.15) is 0 Å². The normalized spacial score (nSPS) is 16.3. The van der Waals surface area contributed by atoms with Crippen LogP contribution in [0.3, 0.4) is 0 Å². The number of benzene rings is 1. The zero-order valence-corrected chi connectivity index (χ0v) is 8.82. The summed E-state index contributed by atoms with van der Waals surface area (Å²) in [4.78, 5) is 10.8. The van der Waals surface area contributed by atoms with Gasteiger partial charge in [0.15, 0.2) is 0 Å². The summed E-state index contributed by atoms with van der Waals surface area (Å²) in [6.07, 6.45) is 3.02. The minimum Gasteiger partial charge on any atom is -0.493 e. The number of hydrogen-bond acceptors (Lipinski definition) is 3. The maximum atomic E-state index is 10.8. The molecule has 1 heterocycles. The number of rotatable bonds is 3. The number of likely N-dealkylation sites (N-methyl/N-ethyl adjacent to an activating group) is 1. The molecule has 0 saturated carbocycles. The standard InChI is InChI=1S/C12H15NO2/c1-13-11(8-14)9-4-5-12-10(7-9)3-2-6-15-12/h4-5,7-8,11,13H,2-3,6H2,1H3. The van der Waals surface area contributed by atoms with Crippen LogP contribution in [0.15, 0.2) is 18.2 Å². The fourth-order valence-electron chi connectivity index (χ4n) is 1.89. The van der Waals surface area contributed by atoms with E-state index in [2.05, 4.69) is 11.4 Å². The van der Waals surface area contributed by atoms with E-state index in [1.807, 2.05) is 12.1 Å². The zero-order chi connectivity index (χ0) is 10.7. The van der Waals surface area contributed by atoms with Gasteiger partial charge in [-0.15, -0.1) is 0 Å². The van der Waals surface area contributed by atoms with Crippen molar-refractivity contribution in [1.29, 1.82) is 0 Å². The zero-order valence-electron chi connectivity index (χ0n) is 8.82. The average molecular weight is 205 g/mol. The van der Waals surface area contributed by atoms with Crippen LogP contribution in [0.2, 0.25) is 0 Å². The van der Waals surface area contributed by atoms with Gasteiger partial charge in [0.2, 0.25) is 0 Å². The number of hydrogen-bond donors (Lipinski definition) is 1. The molecule has 80 valence electrons. The Hall–Kier alpha value is -1.35. The van der Waals surface area contributed by atoms with E-state index < -0.39 is 0 Å². The SMILES string of the molecule is CNC(C=O)c1ccc2c(c1)CCCO2. The number of carbonyl (C=O) groups is 1. The van der Waals surface area contributed by atoms with Crippen molar-refractivity contribution in [1.82, 2.24) is 5.32 Å². The summed E-state index contributed by atoms with van der Waals surface area (Å²) in [5, 5.41) is 2.97. The van der Waals surface area contributed by atoms with E-state index in [4.69, 9.17) is 4.74 Å². The highest BCUT2D eigenvalue weighted by atomic mass is 16.5. The maximum Gasteiger partial charge on any atom is 0.141 e. The Kier molecular flexibility index (Phi) is 3.02. The molecule has 1 N–H and O–H groups in total. The average Bonchev–Trinajstić information content (AvgIpc) is 2.30. The molecule has 0 bridgehead atoms. The van der Waals surface area contributed by atoms with Crippen molar-refractivity contribution >= 4 is 6.29 Å². The van der Waals surface area contributed by atoms with E-state index in [1.165, 1.54) is 5.56 Å². The lowest BCUT2D eigenvalue weighted by molar-refractivity contribution is -0.109. The van der Waals surface area contributed by atoms with Gasteiger partial charge in [-0.1, -0.05) is 12.1 Å². The molecule has 0 saturated heterocycles. The molecular formula is C12H15NO2. The molecule has 1 atom stereocenters. The summed E-state index contributed by atoms with van der Waals surface area (Å²) in [7, 11) is 1.79. The van der Waals surface area contributed by atoms with Crippen LogP contribution in [0.5, 0.6) is 5.75 Å². The minimum absolute atomic E-state index is 0.211. The van der Waals surface area contributed by atoms with Crippen molar-refractivity contribution in [2.24, 2.45) is 0 Å². The Morgan fingerprint density at radius 2 is 2.40 bits per heavy atom. The number of carbonyl (C=O) groups excluding carboxylic acids is 1. The van der Waals surface area contributed by atoms with E-state index in [1.54, 1.807) is 7.05 Å². The molecule has 1 unspecified atom stereocenters. The lowest BCUT2D eigenvalue weighted by Crippen LogP contribution is -2.18. The maximum absolute atomic E-state index is 10.8. The van der Waals surface area contributed by atoms with Crippen molar-refractivity contribution in [2.75, 3.05) is 13.7 Å². The third-order valence-electron chi connectivity index (χ3n) is 2.74. The first-order valence-corrected chi connectivity index (χ1v) is 5.23. The molecule has 0 amide bonds. The van der Waals surface area contributed by atoms with Gasteiger partial charge in [-0.05, 0) is 37.1 Å². The van der Waals surface area contributed by atoms with Crippen molar-refractivity contribution < 1.29 is 9.53 Å². The third kappa shape index (κ3) is 2.02. The van der Waals surface area contributed by atoms with Gasteiger partial charge >= 0.3 is 0 Å². The summed E-state index contributed by atoms with van der Waals surface area (Å²) in [5.74, 6) is 0.964. The van der Waals surface area contributed by atoms with E-state index in [0.29, 0.717) is 0 Å². The number of fused-ring (bicyclic) bond motifs is 1. The molecule has 0 fully saturated rings. The first-order chi connectivity index (χ1) is 7.35. The van der Waals surface area contributed by atoms with Crippen molar-refractivity contribution in [3.63, 3.8) is 0 Å². The van der Waals surface area contributed by atoms with Gasteiger partial charge in [0.25, 0.3) is 0 Å². The topological polar surface area (TPSA) is 38.3 Å². The van der Waals surface area contributed by atoms with Crippen LogP contribution in [-0.2, 0) is 11.2 Å². The molecule has 0 aliphatic carbocycles. The Morgan fingerprint density at radius 3 is 3.13 bits per heavy atom. The molecule has 15 heavy (non-hydrogen) atoms. The van der Waals surface area contributed by atoms with Gasteiger partial charge in [-0.3, -0.25) is 0 Å². The summed E-state index contributed by atoms with van der Waals surface area (Å²) >= 11 is 0.